The van der Waals surface area contributed by atoms with Crippen molar-refractivity contribution in [3.05, 3.63) is 52.2 Å². The van der Waals surface area contributed by atoms with Gasteiger partial charge in [-0.15, -0.1) is 0 Å². The number of nitro groups is 1. The normalized spacial score (nSPS) is 11.6. The molecule has 0 unspecified atom stereocenters. The molecule has 116 valence electrons. The lowest BCUT2D eigenvalue weighted by atomic mass is 10.1. The van der Waals surface area contributed by atoms with E-state index >= 15 is 0 Å². The van der Waals surface area contributed by atoms with Crippen LogP contribution in [0.1, 0.15) is 18.5 Å². The van der Waals surface area contributed by atoms with Gasteiger partial charge in [0.05, 0.1) is 25.2 Å². The minimum absolute atomic E-state index is 0.0730. The van der Waals surface area contributed by atoms with Gasteiger partial charge < -0.3 is 14.8 Å². The molecule has 0 saturated carbocycles. The second kappa shape index (κ2) is 6.75. The zero-order valence-corrected chi connectivity index (χ0v) is 12.6. The average molecular weight is 303 g/mol. The van der Waals surface area contributed by atoms with Crippen LogP contribution in [0.3, 0.4) is 0 Å². The molecule has 0 fully saturated rings. The Labute approximate surface area is 128 Å². The molecular formula is C15H17N3O4. The zero-order chi connectivity index (χ0) is 16.1. The monoisotopic (exact) mass is 303 g/mol. The van der Waals surface area contributed by atoms with Crippen LogP contribution in [0.2, 0.25) is 0 Å². The summed E-state index contributed by atoms with van der Waals surface area (Å²) in [6.45, 7) is 1.87. The second-order valence-corrected chi connectivity index (χ2v) is 4.60. The van der Waals surface area contributed by atoms with Crippen LogP contribution in [0.25, 0.3) is 0 Å². The summed E-state index contributed by atoms with van der Waals surface area (Å²) in [7, 11) is 3.15. The first-order valence-electron chi connectivity index (χ1n) is 6.64. The van der Waals surface area contributed by atoms with Crippen molar-refractivity contribution >= 4 is 11.5 Å². The Morgan fingerprint density at radius 1 is 1.27 bits per heavy atom. The van der Waals surface area contributed by atoms with Crippen molar-refractivity contribution < 1.29 is 14.4 Å². The fourth-order valence-electron chi connectivity index (χ4n) is 2.12. The number of nitrogens with zero attached hydrogens (tertiary/aromatic N) is 2. The number of hydrogen-bond acceptors (Lipinski definition) is 6. The van der Waals surface area contributed by atoms with Gasteiger partial charge in [-0.3, -0.25) is 10.1 Å². The lowest BCUT2D eigenvalue weighted by Crippen LogP contribution is -2.11. The molecular weight excluding hydrogens is 286 g/mol. The SMILES string of the molecule is COc1ccc(OC)c([C@@H](C)Nc2ncccc2[N+](=O)[O-])c1. The summed E-state index contributed by atoms with van der Waals surface area (Å²) in [5, 5.41) is 14.1. The third kappa shape index (κ3) is 3.25. The van der Waals surface area contributed by atoms with E-state index in [0.29, 0.717) is 11.5 Å². The van der Waals surface area contributed by atoms with Crippen LogP contribution in [-0.2, 0) is 0 Å². The molecule has 0 radical (unpaired) electrons. The van der Waals surface area contributed by atoms with E-state index in [-0.39, 0.29) is 17.5 Å². The van der Waals surface area contributed by atoms with Crippen molar-refractivity contribution in [3.8, 4) is 11.5 Å². The number of hydrogen-bond donors (Lipinski definition) is 1. The van der Waals surface area contributed by atoms with E-state index in [9.17, 15) is 10.1 Å². The lowest BCUT2D eigenvalue weighted by molar-refractivity contribution is -0.384. The van der Waals surface area contributed by atoms with Gasteiger partial charge in [0.25, 0.3) is 0 Å². The first-order chi connectivity index (χ1) is 10.6. The average Bonchev–Trinajstić information content (AvgIpc) is 2.54. The Bertz CT molecular complexity index is 676. The predicted molar refractivity (Wildman–Crippen MR) is 82.5 cm³/mol. The van der Waals surface area contributed by atoms with Crippen molar-refractivity contribution in [1.29, 1.82) is 0 Å². The minimum Gasteiger partial charge on any atom is -0.497 e. The summed E-state index contributed by atoms with van der Waals surface area (Å²) in [5.74, 6) is 1.56. The molecule has 7 nitrogen and oxygen atoms in total. The number of pyridine rings is 1. The molecule has 0 aliphatic carbocycles. The Balaban J connectivity index is 2.33. The van der Waals surface area contributed by atoms with E-state index < -0.39 is 4.92 Å². The van der Waals surface area contributed by atoms with Crippen molar-refractivity contribution in [3.63, 3.8) is 0 Å². The van der Waals surface area contributed by atoms with E-state index in [1.165, 1.54) is 18.3 Å². The van der Waals surface area contributed by atoms with Gasteiger partial charge >= 0.3 is 5.69 Å². The highest BCUT2D eigenvalue weighted by Gasteiger charge is 2.19. The maximum Gasteiger partial charge on any atom is 0.311 e. The smallest absolute Gasteiger partial charge is 0.311 e. The maximum absolute atomic E-state index is 11.0. The first-order valence-corrected chi connectivity index (χ1v) is 6.64. The molecule has 0 aliphatic rings. The summed E-state index contributed by atoms with van der Waals surface area (Å²) < 4.78 is 10.5. The number of rotatable bonds is 6. The van der Waals surface area contributed by atoms with Crippen molar-refractivity contribution in [1.82, 2.24) is 4.98 Å². The van der Waals surface area contributed by atoms with Crippen LogP contribution >= 0.6 is 0 Å². The van der Waals surface area contributed by atoms with Crippen LogP contribution in [0.4, 0.5) is 11.5 Å². The summed E-state index contributed by atoms with van der Waals surface area (Å²) >= 11 is 0. The van der Waals surface area contributed by atoms with Crippen LogP contribution in [0.15, 0.2) is 36.5 Å². The third-order valence-corrected chi connectivity index (χ3v) is 3.24. The molecule has 1 aromatic heterocycles. The summed E-state index contributed by atoms with van der Waals surface area (Å²) in [6, 6.07) is 8.09. The van der Waals surface area contributed by atoms with Gasteiger partial charge in [-0.2, -0.15) is 0 Å². The highest BCUT2D eigenvalue weighted by molar-refractivity contribution is 5.57. The van der Waals surface area contributed by atoms with Crippen LogP contribution < -0.4 is 14.8 Å². The Morgan fingerprint density at radius 3 is 2.68 bits per heavy atom. The molecule has 1 heterocycles. The van der Waals surface area contributed by atoms with Gasteiger partial charge in [-0.1, -0.05) is 0 Å². The summed E-state index contributed by atoms with van der Waals surface area (Å²) in [5.41, 5.74) is 0.748. The van der Waals surface area contributed by atoms with Gasteiger partial charge in [0, 0.05) is 17.8 Å². The van der Waals surface area contributed by atoms with E-state index in [2.05, 4.69) is 10.3 Å². The maximum atomic E-state index is 11.0. The molecule has 0 bridgehead atoms. The highest BCUT2D eigenvalue weighted by atomic mass is 16.6. The Kier molecular flexibility index (Phi) is 4.77. The largest absolute Gasteiger partial charge is 0.497 e. The molecule has 0 aliphatic heterocycles. The van der Waals surface area contributed by atoms with Crippen LogP contribution in [0.5, 0.6) is 11.5 Å². The van der Waals surface area contributed by atoms with Crippen LogP contribution in [0, 0.1) is 10.1 Å². The van der Waals surface area contributed by atoms with Gasteiger partial charge in [0.15, 0.2) is 0 Å². The molecule has 0 saturated heterocycles. The van der Waals surface area contributed by atoms with Gasteiger partial charge in [-0.05, 0) is 31.2 Å². The van der Waals surface area contributed by atoms with Gasteiger partial charge in [0.2, 0.25) is 5.82 Å². The quantitative estimate of drug-likeness (QED) is 0.651. The third-order valence-electron chi connectivity index (χ3n) is 3.24. The topological polar surface area (TPSA) is 86.5 Å². The molecule has 0 spiro atoms. The molecule has 1 aromatic carbocycles. The molecule has 2 aromatic rings. The number of ether oxygens (including phenoxy) is 2. The fourth-order valence-corrected chi connectivity index (χ4v) is 2.12. The number of nitrogens with one attached hydrogen (secondary N) is 1. The van der Waals surface area contributed by atoms with E-state index in [0.717, 1.165) is 5.56 Å². The Morgan fingerprint density at radius 2 is 2.05 bits per heavy atom. The van der Waals surface area contributed by atoms with E-state index in [1.807, 2.05) is 13.0 Å². The lowest BCUT2D eigenvalue weighted by Gasteiger charge is -2.18. The van der Waals surface area contributed by atoms with Gasteiger partial charge in [0.1, 0.15) is 11.5 Å². The summed E-state index contributed by atoms with van der Waals surface area (Å²) in [4.78, 5) is 14.6. The second-order valence-electron chi connectivity index (χ2n) is 4.60. The highest BCUT2D eigenvalue weighted by Crippen LogP contribution is 2.32. The number of methoxy groups -OCH3 is 2. The number of aromatic nitrogens is 1. The fraction of sp³-hybridized carbons (Fsp3) is 0.267. The molecule has 1 atom stereocenters. The van der Waals surface area contributed by atoms with Crippen molar-refractivity contribution in [2.45, 2.75) is 13.0 Å². The number of benzene rings is 1. The first kappa shape index (κ1) is 15.6. The van der Waals surface area contributed by atoms with Crippen molar-refractivity contribution in [2.24, 2.45) is 0 Å². The number of anilines is 1. The molecule has 0 amide bonds. The van der Waals surface area contributed by atoms with Gasteiger partial charge in [-0.25, -0.2) is 4.98 Å². The van der Waals surface area contributed by atoms with E-state index in [4.69, 9.17) is 9.47 Å². The van der Waals surface area contributed by atoms with Crippen molar-refractivity contribution in [2.75, 3.05) is 19.5 Å². The zero-order valence-electron chi connectivity index (χ0n) is 12.6. The summed E-state index contributed by atoms with van der Waals surface area (Å²) in [6.07, 6.45) is 1.50. The molecule has 2 rings (SSSR count). The molecule has 1 N–H and O–H groups in total. The predicted octanol–water partition coefficient (Wildman–Crippen LogP) is 3.18. The minimum atomic E-state index is -0.467. The standard InChI is InChI=1S/C15H17N3O4/c1-10(12-9-11(21-2)6-7-14(12)22-3)17-15-13(18(19)20)5-4-8-16-15/h4-10H,1-3H3,(H,16,17)/t10-/m1/s1. The van der Waals surface area contributed by atoms with E-state index in [1.54, 1.807) is 26.4 Å². The molecule has 7 heteroatoms. The Hall–Kier alpha value is -2.83. The van der Waals surface area contributed by atoms with Crippen LogP contribution in [-0.4, -0.2) is 24.1 Å². The molecule has 22 heavy (non-hydrogen) atoms.